The number of imide groups is 1. The van der Waals surface area contributed by atoms with Crippen molar-refractivity contribution in [3.63, 3.8) is 0 Å². The van der Waals surface area contributed by atoms with E-state index in [4.69, 9.17) is 9.25 Å². The number of unbranched alkanes of at least 4 members (excludes halogenated alkanes) is 2. The molecule has 3 aliphatic rings. The fourth-order valence-corrected chi connectivity index (χ4v) is 8.47. The lowest BCUT2D eigenvalue weighted by molar-refractivity contribution is -0.657. The van der Waals surface area contributed by atoms with Gasteiger partial charge in [0.05, 0.1) is 0 Å². The molecular formula is C36H40N3O6S+. The number of hydrogen-bond donors (Lipinski definition) is 0. The highest BCUT2D eigenvalue weighted by Crippen LogP contribution is 2.51. The van der Waals surface area contributed by atoms with Gasteiger partial charge in [0.1, 0.15) is 15.8 Å². The minimum Gasteiger partial charge on any atom is -0.422 e. The van der Waals surface area contributed by atoms with Gasteiger partial charge in [0.15, 0.2) is 6.54 Å². The molecule has 0 saturated carbocycles. The molecule has 1 saturated heterocycles. The van der Waals surface area contributed by atoms with E-state index in [1.54, 1.807) is 11.3 Å². The summed E-state index contributed by atoms with van der Waals surface area (Å²) in [6.45, 7) is 11.8. The van der Waals surface area contributed by atoms with E-state index in [1.807, 2.05) is 18.2 Å². The molecule has 7 rings (SSSR count). The summed E-state index contributed by atoms with van der Waals surface area (Å²) in [5.74, 6) is -1.53. The van der Waals surface area contributed by atoms with Crippen LogP contribution < -0.4 is 15.1 Å². The monoisotopic (exact) mass is 642 g/mol. The molecule has 0 bridgehead atoms. The lowest BCUT2D eigenvalue weighted by Gasteiger charge is -2.48. The van der Waals surface area contributed by atoms with E-state index >= 15 is 0 Å². The Balaban J connectivity index is 1.19. The first kappa shape index (κ1) is 30.6. The third kappa shape index (κ3) is 5.20. The van der Waals surface area contributed by atoms with Crippen LogP contribution in [0.2, 0.25) is 0 Å². The van der Waals surface area contributed by atoms with Crippen LogP contribution >= 0.6 is 11.3 Å². The highest BCUT2D eigenvalue weighted by molar-refractivity contribution is 7.21. The standard InChI is InChI=1S/C36H40N3O6S/c1-35(2)15-18-37-19-16-36(3,4)30-31(37)24(35)21-22-20-23(34(43)44-32(22)30)33-38(25-10-7-8-11-26(25)46-33)17-9-5-6-12-29(42)45-39-27(40)13-14-28(39)41/h7-8,10-11,20-21H,5-6,9,12-19H2,1-4H3/q+1. The summed E-state index contributed by atoms with van der Waals surface area (Å²) in [6, 6.07) is 12.4. The maximum Gasteiger partial charge on any atom is 0.351 e. The number of hydrogen-bond acceptors (Lipinski definition) is 8. The zero-order valence-corrected chi connectivity index (χ0v) is 27.8. The van der Waals surface area contributed by atoms with Gasteiger partial charge in [-0.15, -0.1) is 5.06 Å². The molecule has 4 aromatic rings. The third-order valence-corrected chi connectivity index (χ3v) is 11.2. The average molecular weight is 643 g/mol. The van der Waals surface area contributed by atoms with Gasteiger partial charge in [0.2, 0.25) is 5.52 Å². The molecule has 2 aromatic carbocycles. The van der Waals surface area contributed by atoms with E-state index in [2.05, 4.69) is 55.4 Å². The van der Waals surface area contributed by atoms with Crippen molar-refractivity contribution in [2.75, 3.05) is 18.0 Å². The van der Waals surface area contributed by atoms with Crippen molar-refractivity contribution in [1.29, 1.82) is 0 Å². The number of thiazole rings is 1. The summed E-state index contributed by atoms with van der Waals surface area (Å²) < 4.78 is 9.59. The van der Waals surface area contributed by atoms with Crippen LogP contribution in [0, 0.1) is 0 Å². The first-order valence-corrected chi connectivity index (χ1v) is 17.2. The number of benzene rings is 2. The summed E-state index contributed by atoms with van der Waals surface area (Å²) in [6.07, 6.45) is 4.41. The highest BCUT2D eigenvalue weighted by Gasteiger charge is 2.42. The Kier molecular flexibility index (Phi) is 7.54. The van der Waals surface area contributed by atoms with Gasteiger partial charge < -0.3 is 14.2 Å². The first-order valence-electron chi connectivity index (χ1n) is 16.3. The maximum atomic E-state index is 13.9. The summed E-state index contributed by atoms with van der Waals surface area (Å²) in [5, 5.41) is 2.42. The van der Waals surface area contributed by atoms with Crippen molar-refractivity contribution in [2.24, 2.45) is 0 Å². The minimum absolute atomic E-state index is 0.0158. The van der Waals surface area contributed by atoms with Crippen molar-refractivity contribution in [1.82, 2.24) is 5.06 Å². The Labute approximate surface area is 271 Å². The van der Waals surface area contributed by atoms with E-state index in [0.29, 0.717) is 29.2 Å². The fraction of sp³-hybridized carbons (Fsp3) is 0.472. The number of fused-ring (bicyclic) bond motifs is 3. The van der Waals surface area contributed by atoms with Crippen molar-refractivity contribution < 1.29 is 28.2 Å². The number of rotatable bonds is 8. The molecule has 3 aliphatic heterocycles. The summed E-state index contributed by atoms with van der Waals surface area (Å²) in [7, 11) is 0. The molecule has 0 aliphatic carbocycles. The van der Waals surface area contributed by atoms with Gasteiger partial charge in [-0.1, -0.05) is 51.2 Å². The average Bonchev–Trinajstić information content (AvgIpc) is 3.53. The van der Waals surface area contributed by atoms with Gasteiger partial charge in [0, 0.05) is 61.5 Å². The summed E-state index contributed by atoms with van der Waals surface area (Å²) in [5.41, 5.74) is 5.62. The van der Waals surface area contributed by atoms with Crippen LogP contribution in [0.5, 0.6) is 0 Å². The first-order chi connectivity index (χ1) is 21.9. The second-order valence-electron chi connectivity index (χ2n) is 14.2. The van der Waals surface area contributed by atoms with Gasteiger partial charge in [-0.3, -0.25) is 9.59 Å². The van der Waals surface area contributed by atoms with Crippen LogP contribution in [-0.4, -0.2) is 35.9 Å². The van der Waals surface area contributed by atoms with Gasteiger partial charge in [-0.2, -0.15) is 4.57 Å². The Bertz CT molecular complexity index is 1950. The van der Waals surface area contributed by atoms with Crippen LogP contribution in [0.3, 0.4) is 0 Å². The second kappa shape index (κ2) is 11.3. The smallest absolute Gasteiger partial charge is 0.351 e. The molecule has 0 radical (unpaired) electrons. The van der Waals surface area contributed by atoms with Crippen molar-refractivity contribution in [3.8, 4) is 10.6 Å². The summed E-state index contributed by atoms with van der Waals surface area (Å²) >= 11 is 1.59. The number of para-hydroxylation sites is 1. The van der Waals surface area contributed by atoms with E-state index in [9.17, 15) is 19.2 Å². The number of amides is 2. The molecule has 240 valence electrons. The number of carbonyl (C=O) groups is 3. The molecular weight excluding hydrogens is 602 g/mol. The van der Waals surface area contributed by atoms with Crippen LogP contribution in [0.4, 0.5) is 5.69 Å². The molecule has 2 aromatic heterocycles. The SMILES string of the molecule is CC1(C)CCN2CCC(C)(C)c3c2c1cc1cc(-c2sc4ccccc4[n+]2CCCCCC(=O)ON2C(=O)CCC2=O)c(=O)oc31. The topological polar surface area (TPSA) is 101 Å². The van der Waals surface area contributed by atoms with Gasteiger partial charge in [-0.05, 0) is 60.3 Å². The van der Waals surface area contributed by atoms with E-state index in [-0.39, 0.29) is 35.7 Å². The third-order valence-electron chi connectivity index (χ3n) is 10.0. The van der Waals surface area contributed by atoms with Gasteiger partial charge in [0.25, 0.3) is 16.8 Å². The molecule has 0 atom stereocenters. The number of anilines is 1. The normalized spacial score (nSPS) is 18.4. The minimum atomic E-state index is -0.581. The molecule has 46 heavy (non-hydrogen) atoms. The lowest BCUT2D eigenvalue weighted by atomic mass is 9.69. The molecule has 0 unspecified atom stereocenters. The molecule has 2 amide bonds. The Morgan fingerprint density at radius 2 is 1.67 bits per heavy atom. The number of hydroxylamine groups is 2. The molecule has 1 fully saturated rings. The molecule has 10 heteroatoms. The predicted molar refractivity (Wildman–Crippen MR) is 177 cm³/mol. The number of aromatic nitrogens is 1. The van der Waals surface area contributed by atoms with E-state index in [0.717, 1.165) is 64.9 Å². The quantitative estimate of drug-likeness (QED) is 0.0963. The lowest BCUT2D eigenvalue weighted by Crippen LogP contribution is -2.44. The predicted octanol–water partition coefficient (Wildman–Crippen LogP) is 6.30. The van der Waals surface area contributed by atoms with E-state index in [1.165, 1.54) is 11.3 Å². The van der Waals surface area contributed by atoms with Crippen molar-refractivity contribution in [3.05, 3.63) is 57.9 Å². The zero-order valence-electron chi connectivity index (χ0n) is 26.9. The maximum absolute atomic E-state index is 13.9. The molecule has 9 nitrogen and oxygen atoms in total. The Morgan fingerprint density at radius 3 is 2.43 bits per heavy atom. The summed E-state index contributed by atoms with van der Waals surface area (Å²) in [4.78, 5) is 57.1. The van der Waals surface area contributed by atoms with Gasteiger partial charge in [-0.25, -0.2) is 9.59 Å². The van der Waals surface area contributed by atoms with Crippen LogP contribution in [-0.2, 0) is 36.6 Å². The van der Waals surface area contributed by atoms with Crippen LogP contribution in [0.1, 0.15) is 90.2 Å². The number of aryl methyl sites for hydroxylation is 1. The largest absolute Gasteiger partial charge is 0.422 e. The molecule has 0 spiro atoms. The highest BCUT2D eigenvalue weighted by atomic mass is 32.1. The van der Waals surface area contributed by atoms with Crippen molar-refractivity contribution >= 4 is 56.0 Å². The Hall–Kier alpha value is -4.05. The second-order valence-corrected chi connectivity index (χ2v) is 15.2. The zero-order chi connectivity index (χ0) is 32.4. The van der Waals surface area contributed by atoms with E-state index < -0.39 is 17.8 Å². The van der Waals surface area contributed by atoms with Crippen LogP contribution in [0.15, 0.2) is 45.6 Å². The number of nitrogens with zero attached hydrogens (tertiary/aromatic N) is 3. The molecule has 0 N–H and O–H groups in total. The fourth-order valence-electron chi connectivity index (χ4n) is 7.28. The number of carbonyl (C=O) groups excluding carboxylic acids is 3. The van der Waals surface area contributed by atoms with Crippen molar-refractivity contribution in [2.45, 2.75) is 96.4 Å². The van der Waals surface area contributed by atoms with Crippen LogP contribution in [0.25, 0.3) is 31.8 Å². The Morgan fingerprint density at radius 1 is 0.957 bits per heavy atom. The molecule has 5 heterocycles. The van der Waals surface area contributed by atoms with Gasteiger partial charge >= 0.3 is 11.6 Å².